The minimum absolute atomic E-state index is 0.0655. The molecule has 0 radical (unpaired) electrons. The van der Waals surface area contributed by atoms with E-state index in [1.807, 2.05) is 0 Å². The lowest BCUT2D eigenvalue weighted by Gasteiger charge is -2.18. The molecule has 0 aromatic heterocycles. The van der Waals surface area contributed by atoms with Crippen LogP contribution in [0.1, 0.15) is 419 Å². The molecule has 0 spiro atoms. The van der Waals surface area contributed by atoms with Gasteiger partial charge in [-0.3, -0.25) is 14.4 Å². The van der Waals surface area contributed by atoms with Gasteiger partial charge in [-0.25, -0.2) is 0 Å². The molecule has 79 heavy (non-hydrogen) atoms. The Kier molecular flexibility index (Phi) is 67.0. The van der Waals surface area contributed by atoms with Crippen molar-refractivity contribution in [1.82, 2.24) is 0 Å². The van der Waals surface area contributed by atoms with Gasteiger partial charge < -0.3 is 14.2 Å². The Balaban J connectivity index is 4.21. The van der Waals surface area contributed by atoms with Gasteiger partial charge in [0.25, 0.3) is 0 Å². The largest absolute Gasteiger partial charge is 0.462 e. The van der Waals surface area contributed by atoms with Gasteiger partial charge in [-0.1, -0.05) is 367 Å². The highest BCUT2D eigenvalue weighted by molar-refractivity contribution is 5.71. The van der Waals surface area contributed by atoms with Crippen LogP contribution in [0, 0.1) is 0 Å². The van der Waals surface area contributed by atoms with E-state index in [2.05, 4.69) is 32.9 Å². The third kappa shape index (κ3) is 66.8. The van der Waals surface area contributed by atoms with Crippen molar-refractivity contribution < 1.29 is 28.6 Å². The summed E-state index contributed by atoms with van der Waals surface area (Å²) in [6.07, 6.45) is 82.5. The van der Waals surface area contributed by atoms with Crippen LogP contribution in [0.3, 0.4) is 0 Å². The molecule has 6 heteroatoms. The van der Waals surface area contributed by atoms with E-state index in [0.717, 1.165) is 64.2 Å². The number of carbonyl (C=O) groups excluding carboxylic acids is 3. The maximum atomic E-state index is 12.9. The molecule has 0 aliphatic rings. The highest BCUT2D eigenvalue weighted by atomic mass is 16.6. The fourth-order valence-electron chi connectivity index (χ4n) is 11.3. The monoisotopic (exact) mass is 1110 g/mol. The topological polar surface area (TPSA) is 78.9 Å². The first-order chi connectivity index (χ1) is 39.0. The van der Waals surface area contributed by atoms with Gasteiger partial charge in [0.2, 0.25) is 0 Å². The van der Waals surface area contributed by atoms with Crippen molar-refractivity contribution in [1.29, 1.82) is 0 Å². The van der Waals surface area contributed by atoms with E-state index >= 15 is 0 Å². The molecule has 0 fully saturated rings. The molecule has 0 aliphatic heterocycles. The zero-order valence-corrected chi connectivity index (χ0v) is 53.9. The van der Waals surface area contributed by atoms with Crippen LogP contribution in [0.25, 0.3) is 0 Å². The predicted octanol–water partition coefficient (Wildman–Crippen LogP) is 24.8. The summed E-state index contributed by atoms with van der Waals surface area (Å²) in [5, 5.41) is 0. The van der Waals surface area contributed by atoms with Crippen LogP contribution in [-0.2, 0) is 28.6 Å². The highest BCUT2D eigenvalue weighted by Crippen LogP contribution is 2.19. The molecule has 0 saturated heterocycles. The lowest BCUT2D eigenvalue weighted by Crippen LogP contribution is -2.30. The molecule has 0 heterocycles. The number of hydrogen-bond acceptors (Lipinski definition) is 6. The summed E-state index contributed by atoms with van der Waals surface area (Å²) in [5.41, 5.74) is 0. The van der Waals surface area contributed by atoms with Crippen molar-refractivity contribution in [3.63, 3.8) is 0 Å². The number of unbranched alkanes of at least 4 members (excludes halogenated alkanes) is 55. The molecule has 0 saturated carbocycles. The summed E-state index contributed by atoms with van der Waals surface area (Å²) in [6, 6.07) is 0. The average Bonchev–Trinajstić information content (AvgIpc) is 3.45. The fourth-order valence-corrected chi connectivity index (χ4v) is 11.3. The van der Waals surface area contributed by atoms with Crippen molar-refractivity contribution in [2.45, 2.75) is 425 Å². The summed E-state index contributed by atoms with van der Waals surface area (Å²) >= 11 is 0. The summed E-state index contributed by atoms with van der Waals surface area (Å²) < 4.78 is 17.0. The van der Waals surface area contributed by atoms with Gasteiger partial charge in [-0.05, 0) is 44.9 Å². The number of carbonyl (C=O) groups is 3. The van der Waals surface area contributed by atoms with E-state index in [1.165, 1.54) is 315 Å². The summed E-state index contributed by atoms with van der Waals surface area (Å²) in [5.74, 6) is -0.837. The quantitative estimate of drug-likeness (QED) is 0.0261. The smallest absolute Gasteiger partial charge is 0.306 e. The van der Waals surface area contributed by atoms with E-state index in [-0.39, 0.29) is 31.1 Å². The highest BCUT2D eigenvalue weighted by Gasteiger charge is 2.19. The Bertz CT molecular complexity index is 1230. The number of ether oxygens (including phenoxy) is 3. The van der Waals surface area contributed by atoms with Crippen molar-refractivity contribution >= 4 is 17.9 Å². The molecule has 0 aliphatic carbocycles. The summed E-state index contributed by atoms with van der Waals surface area (Å²) in [4.78, 5) is 38.4. The Morgan fingerprint density at radius 2 is 0.418 bits per heavy atom. The first-order valence-corrected chi connectivity index (χ1v) is 36.2. The van der Waals surface area contributed by atoms with Crippen molar-refractivity contribution in [2.75, 3.05) is 13.2 Å². The molecular formula is C73H140O6. The van der Waals surface area contributed by atoms with Crippen LogP contribution in [0.15, 0.2) is 12.2 Å². The van der Waals surface area contributed by atoms with Gasteiger partial charge in [-0.15, -0.1) is 0 Å². The normalized spacial score (nSPS) is 12.0. The average molecular weight is 1110 g/mol. The molecule has 1 atom stereocenters. The Morgan fingerprint density at radius 3 is 0.633 bits per heavy atom. The predicted molar refractivity (Wildman–Crippen MR) is 344 cm³/mol. The molecule has 0 bridgehead atoms. The lowest BCUT2D eigenvalue weighted by molar-refractivity contribution is -0.167. The standard InChI is InChI=1S/C73H140O6/c1-4-7-10-13-16-19-22-25-28-31-33-34-35-36-37-38-39-40-41-43-45-48-51-54-57-60-63-66-72(75)78-69-70(68-77-71(74)65-62-59-56-53-50-47-44-30-27-24-21-18-15-12-9-6-3)79-73(76)67-64-61-58-55-52-49-46-42-32-29-26-23-20-17-14-11-8-5-2/h30,44,70H,4-29,31-43,45-69H2,1-3H3/b44-30-. The second-order valence-electron chi connectivity index (χ2n) is 24.9. The molecule has 0 N–H and O–H groups in total. The van der Waals surface area contributed by atoms with Gasteiger partial charge in [0.15, 0.2) is 6.10 Å². The van der Waals surface area contributed by atoms with Crippen LogP contribution in [0.4, 0.5) is 0 Å². The number of allylic oxidation sites excluding steroid dienone is 2. The van der Waals surface area contributed by atoms with Crippen molar-refractivity contribution in [3.05, 3.63) is 12.2 Å². The maximum Gasteiger partial charge on any atom is 0.306 e. The molecule has 1 unspecified atom stereocenters. The summed E-state index contributed by atoms with van der Waals surface area (Å²) in [6.45, 7) is 6.73. The zero-order valence-electron chi connectivity index (χ0n) is 53.9. The second-order valence-corrected chi connectivity index (χ2v) is 24.9. The van der Waals surface area contributed by atoms with Gasteiger partial charge in [0, 0.05) is 19.3 Å². The third-order valence-electron chi connectivity index (χ3n) is 16.8. The van der Waals surface area contributed by atoms with Crippen LogP contribution in [0.2, 0.25) is 0 Å². The SMILES string of the molecule is CCCCCCCCC/C=C\CCCCCCCC(=O)OCC(COC(=O)CCCCCCCCCCCCCCCCCCCCCCCCCCCCC)OC(=O)CCCCCCCCCCCCCCCCCCCC. The fraction of sp³-hybridized carbons (Fsp3) is 0.932. The van der Waals surface area contributed by atoms with Crippen LogP contribution >= 0.6 is 0 Å². The number of hydrogen-bond donors (Lipinski definition) is 0. The van der Waals surface area contributed by atoms with Gasteiger partial charge in [-0.2, -0.15) is 0 Å². The lowest BCUT2D eigenvalue weighted by atomic mass is 10.0. The molecular weight excluding hydrogens is 973 g/mol. The van der Waals surface area contributed by atoms with Crippen LogP contribution in [-0.4, -0.2) is 37.2 Å². The van der Waals surface area contributed by atoms with Crippen LogP contribution in [0.5, 0.6) is 0 Å². The van der Waals surface area contributed by atoms with E-state index in [1.54, 1.807) is 0 Å². The molecule has 0 aromatic carbocycles. The minimum Gasteiger partial charge on any atom is -0.462 e. The van der Waals surface area contributed by atoms with Crippen molar-refractivity contribution in [2.24, 2.45) is 0 Å². The number of rotatable bonds is 68. The van der Waals surface area contributed by atoms with Crippen LogP contribution < -0.4 is 0 Å². The van der Waals surface area contributed by atoms with Crippen molar-refractivity contribution in [3.8, 4) is 0 Å². The molecule has 6 nitrogen and oxygen atoms in total. The summed E-state index contributed by atoms with van der Waals surface area (Å²) in [7, 11) is 0. The maximum absolute atomic E-state index is 12.9. The zero-order chi connectivity index (χ0) is 57.1. The Labute approximate surface area is 494 Å². The molecule has 0 aromatic rings. The first kappa shape index (κ1) is 77.2. The Hall–Kier alpha value is -1.85. The number of esters is 3. The van der Waals surface area contributed by atoms with E-state index < -0.39 is 6.10 Å². The van der Waals surface area contributed by atoms with Gasteiger partial charge in [0.1, 0.15) is 13.2 Å². The third-order valence-corrected chi connectivity index (χ3v) is 16.8. The first-order valence-electron chi connectivity index (χ1n) is 36.2. The van der Waals surface area contributed by atoms with E-state index in [0.29, 0.717) is 19.3 Å². The Morgan fingerprint density at radius 1 is 0.241 bits per heavy atom. The van der Waals surface area contributed by atoms with E-state index in [4.69, 9.17) is 14.2 Å². The van der Waals surface area contributed by atoms with Gasteiger partial charge in [0.05, 0.1) is 0 Å². The second kappa shape index (κ2) is 68.6. The molecule has 468 valence electrons. The van der Waals surface area contributed by atoms with Gasteiger partial charge >= 0.3 is 17.9 Å². The minimum atomic E-state index is -0.770. The van der Waals surface area contributed by atoms with E-state index in [9.17, 15) is 14.4 Å². The molecule has 0 amide bonds. The molecule has 0 rings (SSSR count).